The lowest BCUT2D eigenvalue weighted by molar-refractivity contribution is 0.370. The van der Waals surface area contributed by atoms with Crippen LogP contribution in [-0.4, -0.2) is 33.1 Å². The molecule has 1 aliphatic rings. The molecule has 1 N–H and O–H groups in total. The molecule has 20 heavy (non-hydrogen) atoms. The highest BCUT2D eigenvalue weighted by Gasteiger charge is 2.32. The summed E-state index contributed by atoms with van der Waals surface area (Å²) >= 11 is 0. The summed E-state index contributed by atoms with van der Waals surface area (Å²) in [5.74, 6) is 0.834. The molecule has 0 heterocycles. The Morgan fingerprint density at radius 3 is 2.45 bits per heavy atom. The first-order valence-corrected chi connectivity index (χ1v) is 9.01. The van der Waals surface area contributed by atoms with Crippen LogP contribution in [0.3, 0.4) is 0 Å². The molecule has 2 unspecified atom stereocenters. The molecule has 5 heteroatoms. The van der Waals surface area contributed by atoms with Gasteiger partial charge in [-0.05, 0) is 30.5 Å². The lowest BCUT2D eigenvalue weighted by Crippen LogP contribution is -2.45. The predicted octanol–water partition coefficient (Wildman–Crippen LogP) is 2.14. The summed E-state index contributed by atoms with van der Waals surface area (Å²) in [7, 11) is -1.33. The van der Waals surface area contributed by atoms with Crippen molar-refractivity contribution < 1.29 is 13.2 Å². The molecule has 0 aromatic heterocycles. The van der Waals surface area contributed by atoms with E-state index in [4.69, 9.17) is 4.74 Å². The molecule has 1 fully saturated rings. The van der Waals surface area contributed by atoms with Crippen LogP contribution in [0.4, 0.5) is 0 Å². The van der Waals surface area contributed by atoms with Gasteiger partial charge in [-0.3, -0.25) is 0 Å². The van der Waals surface area contributed by atoms with Gasteiger partial charge in [-0.25, -0.2) is 8.42 Å². The summed E-state index contributed by atoms with van der Waals surface area (Å²) in [6, 6.07) is 7.92. The largest absolute Gasteiger partial charge is 0.497 e. The maximum atomic E-state index is 11.8. The number of hydrogen-bond acceptors (Lipinski definition) is 4. The van der Waals surface area contributed by atoms with E-state index in [1.807, 2.05) is 24.3 Å². The summed E-state index contributed by atoms with van der Waals surface area (Å²) in [5, 5.41) is 3.17. The molecular formula is C15H23NO3S. The Morgan fingerprint density at radius 2 is 1.85 bits per heavy atom. The van der Waals surface area contributed by atoms with Crippen molar-refractivity contribution in [1.82, 2.24) is 5.32 Å². The van der Waals surface area contributed by atoms with E-state index in [0.29, 0.717) is 6.54 Å². The average Bonchev–Trinajstić information content (AvgIpc) is 2.45. The van der Waals surface area contributed by atoms with E-state index in [2.05, 4.69) is 5.32 Å². The zero-order chi connectivity index (χ0) is 14.6. The molecule has 0 spiro atoms. The highest BCUT2D eigenvalue weighted by Crippen LogP contribution is 2.24. The summed E-state index contributed by atoms with van der Waals surface area (Å²) in [6.45, 7) is 0.695. The molecule has 1 aromatic rings. The molecule has 0 radical (unpaired) electrons. The van der Waals surface area contributed by atoms with Gasteiger partial charge in [0.2, 0.25) is 0 Å². The van der Waals surface area contributed by atoms with Crippen molar-refractivity contribution >= 4 is 9.84 Å². The third kappa shape index (κ3) is 3.96. The van der Waals surface area contributed by atoms with Crippen molar-refractivity contribution in [1.29, 1.82) is 0 Å². The molecule has 2 atom stereocenters. The molecule has 0 amide bonds. The highest BCUT2D eigenvalue weighted by atomic mass is 32.2. The predicted molar refractivity (Wildman–Crippen MR) is 80.7 cm³/mol. The monoisotopic (exact) mass is 297 g/mol. The summed E-state index contributed by atoms with van der Waals surface area (Å²) in [4.78, 5) is 0. The molecule has 4 nitrogen and oxygen atoms in total. The first kappa shape index (κ1) is 15.3. The maximum absolute atomic E-state index is 11.8. The van der Waals surface area contributed by atoms with Crippen molar-refractivity contribution in [2.75, 3.05) is 13.4 Å². The molecule has 2 rings (SSSR count). The van der Waals surface area contributed by atoms with Crippen LogP contribution in [0.25, 0.3) is 0 Å². The number of hydrogen-bond donors (Lipinski definition) is 1. The second-order valence-electron chi connectivity index (χ2n) is 5.49. The third-order valence-electron chi connectivity index (χ3n) is 3.98. The molecule has 0 saturated heterocycles. The van der Waals surface area contributed by atoms with Crippen molar-refractivity contribution in [2.45, 2.75) is 43.5 Å². The lowest BCUT2D eigenvalue weighted by atomic mass is 9.94. The lowest BCUT2D eigenvalue weighted by Gasteiger charge is -2.31. The van der Waals surface area contributed by atoms with Crippen LogP contribution in [0.2, 0.25) is 0 Å². The fraction of sp³-hybridized carbons (Fsp3) is 0.600. The Bertz CT molecular complexity index is 525. The van der Waals surface area contributed by atoms with Gasteiger partial charge in [-0.1, -0.05) is 25.0 Å². The van der Waals surface area contributed by atoms with Gasteiger partial charge in [0.1, 0.15) is 5.75 Å². The van der Waals surface area contributed by atoms with Crippen LogP contribution in [0.15, 0.2) is 24.3 Å². The van der Waals surface area contributed by atoms with E-state index in [1.54, 1.807) is 7.11 Å². The summed E-state index contributed by atoms with van der Waals surface area (Å²) < 4.78 is 28.8. The van der Waals surface area contributed by atoms with Gasteiger partial charge in [0.05, 0.1) is 12.4 Å². The zero-order valence-electron chi connectivity index (χ0n) is 12.1. The average molecular weight is 297 g/mol. The van der Waals surface area contributed by atoms with E-state index in [1.165, 1.54) is 6.26 Å². The van der Waals surface area contributed by atoms with E-state index in [0.717, 1.165) is 37.0 Å². The number of methoxy groups -OCH3 is 1. The van der Waals surface area contributed by atoms with Crippen LogP contribution >= 0.6 is 0 Å². The van der Waals surface area contributed by atoms with Crippen LogP contribution in [0.1, 0.15) is 31.2 Å². The van der Waals surface area contributed by atoms with Crippen LogP contribution < -0.4 is 10.1 Å². The topological polar surface area (TPSA) is 55.4 Å². The standard InChI is InChI=1S/C15H23NO3S/c1-19-13-9-7-12(8-10-13)11-16-14-5-3-4-6-15(14)20(2,17)18/h7-10,14-16H,3-6,11H2,1-2H3. The molecule has 0 bridgehead atoms. The van der Waals surface area contributed by atoms with E-state index < -0.39 is 9.84 Å². The van der Waals surface area contributed by atoms with Gasteiger partial charge in [0.25, 0.3) is 0 Å². The zero-order valence-corrected chi connectivity index (χ0v) is 12.9. The number of nitrogens with one attached hydrogen (secondary N) is 1. The summed E-state index contributed by atoms with van der Waals surface area (Å²) in [6.07, 6.45) is 5.18. The Balaban J connectivity index is 1.97. The Hall–Kier alpha value is -1.07. The first-order chi connectivity index (χ1) is 9.50. The van der Waals surface area contributed by atoms with Crippen LogP contribution in [-0.2, 0) is 16.4 Å². The third-order valence-corrected chi connectivity index (χ3v) is 5.64. The quantitative estimate of drug-likeness (QED) is 0.904. The number of sulfone groups is 1. The van der Waals surface area contributed by atoms with Gasteiger partial charge in [-0.15, -0.1) is 0 Å². The molecular weight excluding hydrogens is 274 g/mol. The number of benzene rings is 1. The van der Waals surface area contributed by atoms with Gasteiger partial charge in [0, 0.05) is 18.8 Å². The van der Waals surface area contributed by atoms with Gasteiger partial charge < -0.3 is 10.1 Å². The van der Waals surface area contributed by atoms with Gasteiger partial charge >= 0.3 is 0 Å². The number of ether oxygens (including phenoxy) is 1. The second-order valence-corrected chi connectivity index (χ2v) is 7.75. The minimum absolute atomic E-state index is 0.0702. The normalized spacial score (nSPS) is 23.5. The van der Waals surface area contributed by atoms with Crippen LogP contribution in [0.5, 0.6) is 5.75 Å². The molecule has 1 saturated carbocycles. The van der Waals surface area contributed by atoms with Gasteiger partial charge in [0.15, 0.2) is 9.84 Å². The van der Waals surface area contributed by atoms with Crippen molar-refractivity contribution in [3.8, 4) is 5.75 Å². The molecule has 112 valence electrons. The number of rotatable bonds is 5. The molecule has 1 aromatic carbocycles. The second kappa shape index (κ2) is 6.59. The Morgan fingerprint density at radius 1 is 1.20 bits per heavy atom. The van der Waals surface area contributed by atoms with Crippen molar-refractivity contribution in [3.63, 3.8) is 0 Å². The smallest absolute Gasteiger partial charge is 0.151 e. The van der Waals surface area contributed by atoms with Crippen molar-refractivity contribution in [3.05, 3.63) is 29.8 Å². The van der Waals surface area contributed by atoms with E-state index in [-0.39, 0.29) is 11.3 Å². The van der Waals surface area contributed by atoms with E-state index in [9.17, 15) is 8.42 Å². The SMILES string of the molecule is COc1ccc(CNC2CCCCC2S(C)(=O)=O)cc1. The fourth-order valence-corrected chi connectivity index (χ4v) is 4.26. The minimum atomic E-state index is -2.97. The Kier molecular flexibility index (Phi) is 5.05. The Labute approximate surface area is 121 Å². The van der Waals surface area contributed by atoms with Crippen molar-refractivity contribution in [2.24, 2.45) is 0 Å². The molecule has 0 aliphatic heterocycles. The molecule has 1 aliphatic carbocycles. The van der Waals surface area contributed by atoms with E-state index >= 15 is 0 Å². The van der Waals surface area contributed by atoms with Gasteiger partial charge in [-0.2, -0.15) is 0 Å². The summed E-state index contributed by atoms with van der Waals surface area (Å²) in [5.41, 5.74) is 1.14. The van der Waals surface area contributed by atoms with Crippen LogP contribution in [0, 0.1) is 0 Å². The highest BCUT2D eigenvalue weighted by molar-refractivity contribution is 7.91. The maximum Gasteiger partial charge on any atom is 0.151 e. The first-order valence-electron chi connectivity index (χ1n) is 7.06. The minimum Gasteiger partial charge on any atom is -0.497 e. The fourth-order valence-electron chi connectivity index (χ4n) is 2.84.